The average Bonchev–Trinajstić information content (AvgIpc) is 2.38. The van der Waals surface area contributed by atoms with E-state index in [2.05, 4.69) is 53.0 Å². The predicted octanol–water partition coefficient (Wildman–Crippen LogP) is 3.12. The molecule has 0 unspecified atom stereocenters. The van der Waals surface area contributed by atoms with Crippen molar-refractivity contribution in [3.8, 4) is 0 Å². The first-order valence-corrected chi connectivity index (χ1v) is 6.30. The van der Waals surface area contributed by atoms with E-state index in [1.807, 2.05) is 19.2 Å². The molecule has 2 rings (SSSR count). The molecule has 0 atom stereocenters. The molecule has 0 aliphatic carbocycles. The largest absolute Gasteiger partial charge is 0.337 e. The van der Waals surface area contributed by atoms with Gasteiger partial charge in [0.15, 0.2) is 0 Å². The molecule has 94 valence electrons. The second kappa shape index (κ2) is 5.63. The van der Waals surface area contributed by atoms with Gasteiger partial charge in [-0.05, 0) is 38.0 Å². The minimum Gasteiger partial charge on any atom is -0.337 e. The lowest BCUT2D eigenvalue weighted by atomic mass is 10.1. The zero-order valence-corrected chi connectivity index (χ0v) is 11.2. The highest BCUT2D eigenvalue weighted by molar-refractivity contribution is 5.35. The number of aryl methyl sites for hydroxylation is 2. The second-order valence-corrected chi connectivity index (χ2v) is 4.44. The summed E-state index contributed by atoms with van der Waals surface area (Å²) in [6.07, 6.45) is 1.82. The molecule has 1 aromatic carbocycles. The molecule has 18 heavy (non-hydrogen) atoms. The van der Waals surface area contributed by atoms with E-state index in [9.17, 15) is 0 Å². The zero-order valence-electron chi connectivity index (χ0n) is 11.2. The van der Waals surface area contributed by atoms with E-state index in [1.54, 1.807) is 0 Å². The molecule has 0 spiro atoms. The van der Waals surface area contributed by atoms with Gasteiger partial charge in [-0.1, -0.05) is 24.3 Å². The van der Waals surface area contributed by atoms with Gasteiger partial charge in [0.05, 0.1) is 0 Å². The quantitative estimate of drug-likeness (QED) is 0.823. The van der Waals surface area contributed by atoms with Crippen LogP contribution in [0.3, 0.4) is 0 Å². The Kier molecular flexibility index (Phi) is 3.92. The third-order valence-electron chi connectivity index (χ3n) is 3.07. The molecular weight excluding hydrogens is 222 g/mol. The molecule has 0 bridgehead atoms. The maximum Gasteiger partial charge on any atom is 0.225 e. The summed E-state index contributed by atoms with van der Waals surface area (Å²) in [4.78, 5) is 11.0. The Morgan fingerprint density at radius 3 is 2.56 bits per heavy atom. The van der Waals surface area contributed by atoms with Crippen LogP contribution in [-0.4, -0.2) is 16.5 Å². The van der Waals surface area contributed by atoms with Gasteiger partial charge in [0.25, 0.3) is 0 Å². The van der Waals surface area contributed by atoms with Gasteiger partial charge in [0, 0.05) is 25.0 Å². The summed E-state index contributed by atoms with van der Waals surface area (Å²) in [6, 6.07) is 10.4. The van der Waals surface area contributed by atoms with E-state index in [0.717, 1.165) is 24.7 Å². The number of hydrogen-bond acceptors (Lipinski definition) is 3. The topological polar surface area (TPSA) is 29.0 Å². The Balaban J connectivity index is 2.23. The van der Waals surface area contributed by atoms with Gasteiger partial charge in [0.1, 0.15) is 0 Å². The third kappa shape index (κ3) is 2.86. The normalized spacial score (nSPS) is 10.4. The first kappa shape index (κ1) is 12.6. The second-order valence-electron chi connectivity index (χ2n) is 4.44. The van der Waals surface area contributed by atoms with Crippen LogP contribution in [0.25, 0.3) is 0 Å². The molecule has 2 aromatic rings. The Morgan fingerprint density at radius 1 is 1.11 bits per heavy atom. The molecule has 0 fully saturated rings. The van der Waals surface area contributed by atoms with Gasteiger partial charge < -0.3 is 4.90 Å². The number of hydrogen-bond donors (Lipinski definition) is 0. The van der Waals surface area contributed by atoms with Gasteiger partial charge in [-0.2, -0.15) is 0 Å². The maximum absolute atomic E-state index is 4.48. The maximum atomic E-state index is 4.48. The minimum absolute atomic E-state index is 0.806. The number of anilines is 1. The summed E-state index contributed by atoms with van der Waals surface area (Å²) in [5, 5.41) is 0. The van der Waals surface area contributed by atoms with Crippen LogP contribution in [0, 0.1) is 13.8 Å². The SMILES string of the molecule is CCN(Cc1ccccc1C)c1nccc(C)n1. The summed E-state index contributed by atoms with van der Waals surface area (Å²) in [7, 11) is 0. The molecule has 0 aliphatic heterocycles. The van der Waals surface area contributed by atoms with Crippen LogP contribution in [0.1, 0.15) is 23.7 Å². The van der Waals surface area contributed by atoms with Crippen LogP contribution in [-0.2, 0) is 6.54 Å². The van der Waals surface area contributed by atoms with Crippen molar-refractivity contribution in [1.82, 2.24) is 9.97 Å². The highest BCUT2D eigenvalue weighted by Gasteiger charge is 2.09. The van der Waals surface area contributed by atoms with Crippen molar-refractivity contribution in [2.24, 2.45) is 0 Å². The third-order valence-corrected chi connectivity index (χ3v) is 3.07. The standard InChI is InChI=1S/C15H19N3/c1-4-18(15-16-10-9-13(3)17-15)11-14-8-6-5-7-12(14)2/h5-10H,4,11H2,1-3H3. The number of aromatic nitrogens is 2. The summed E-state index contributed by atoms with van der Waals surface area (Å²) in [5.41, 5.74) is 3.64. The van der Waals surface area contributed by atoms with Crippen LogP contribution < -0.4 is 4.90 Å². The Labute approximate surface area is 109 Å². The monoisotopic (exact) mass is 241 g/mol. The minimum atomic E-state index is 0.806. The van der Waals surface area contributed by atoms with Crippen LogP contribution in [0.5, 0.6) is 0 Å². The van der Waals surface area contributed by atoms with E-state index in [4.69, 9.17) is 0 Å². The molecule has 0 aliphatic rings. The molecule has 3 heteroatoms. The Morgan fingerprint density at radius 2 is 1.89 bits per heavy atom. The van der Waals surface area contributed by atoms with Crippen molar-refractivity contribution in [2.75, 3.05) is 11.4 Å². The molecule has 1 aromatic heterocycles. The number of rotatable bonds is 4. The average molecular weight is 241 g/mol. The van der Waals surface area contributed by atoms with Crippen LogP contribution in [0.15, 0.2) is 36.5 Å². The Hall–Kier alpha value is -1.90. The fraction of sp³-hybridized carbons (Fsp3) is 0.333. The molecule has 0 N–H and O–H groups in total. The van der Waals surface area contributed by atoms with Crippen LogP contribution in [0.2, 0.25) is 0 Å². The van der Waals surface area contributed by atoms with Crippen molar-refractivity contribution in [1.29, 1.82) is 0 Å². The fourth-order valence-corrected chi connectivity index (χ4v) is 1.91. The van der Waals surface area contributed by atoms with E-state index in [1.165, 1.54) is 11.1 Å². The van der Waals surface area contributed by atoms with Gasteiger partial charge in [0.2, 0.25) is 5.95 Å². The van der Waals surface area contributed by atoms with Gasteiger partial charge in [-0.15, -0.1) is 0 Å². The van der Waals surface area contributed by atoms with Crippen molar-refractivity contribution >= 4 is 5.95 Å². The zero-order chi connectivity index (χ0) is 13.0. The summed E-state index contributed by atoms with van der Waals surface area (Å²) in [6.45, 7) is 8.02. The lowest BCUT2D eigenvalue weighted by molar-refractivity contribution is 0.784. The summed E-state index contributed by atoms with van der Waals surface area (Å²) < 4.78 is 0. The molecular formula is C15H19N3. The van der Waals surface area contributed by atoms with E-state index < -0.39 is 0 Å². The first-order valence-electron chi connectivity index (χ1n) is 6.30. The molecule has 0 amide bonds. The first-order chi connectivity index (χ1) is 8.70. The van der Waals surface area contributed by atoms with Gasteiger partial charge in [-0.3, -0.25) is 0 Å². The van der Waals surface area contributed by atoms with Crippen molar-refractivity contribution in [2.45, 2.75) is 27.3 Å². The molecule has 3 nitrogen and oxygen atoms in total. The highest BCUT2D eigenvalue weighted by atomic mass is 15.2. The lowest BCUT2D eigenvalue weighted by Gasteiger charge is -2.21. The van der Waals surface area contributed by atoms with Crippen molar-refractivity contribution in [3.63, 3.8) is 0 Å². The predicted molar refractivity (Wildman–Crippen MR) is 74.7 cm³/mol. The van der Waals surface area contributed by atoms with Crippen molar-refractivity contribution in [3.05, 3.63) is 53.3 Å². The molecule has 1 heterocycles. The Bertz CT molecular complexity index is 523. The lowest BCUT2D eigenvalue weighted by Crippen LogP contribution is -2.24. The van der Waals surface area contributed by atoms with Crippen molar-refractivity contribution < 1.29 is 0 Å². The number of nitrogens with zero attached hydrogens (tertiary/aromatic N) is 3. The molecule has 0 radical (unpaired) electrons. The molecule has 0 saturated heterocycles. The molecule has 0 saturated carbocycles. The van der Waals surface area contributed by atoms with E-state index >= 15 is 0 Å². The van der Waals surface area contributed by atoms with Crippen LogP contribution in [0.4, 0.5) is 5.95 Å². The van der Waals surface area contributed by atoms with Gasteiger partial charge in [-0.25, -0.2) is 9.97 Å². The van der Waals surface area contributed by atoms with E-state index in [0.29, 0.717) is 0 Å². The smallest absolute Gasteiger partial charge is 0.225 e. The van der Waals surface area contributed by atoms with Gasteiger partial charge >= 0.3 is 0 Å². The van der Waals surface area contributed by atoms with Crippen LogP contribution >= 0.6 is 0 Å². The highest BCUT2D eigenvalue weighted by Crippen LogP contribution is 2.14. The fourth-order valence-electron chi connectivity index (χ4n) is 1.91. The summed E-state index contributed by atoms with van der Waals surface area (Å²) >= 11 is 0. The number of benzene rings is 1. The summed E-state index contributed by atoms with van der Waals surface area (Å²) in [5.74, 6) is 0.806. The van der Waals surface area contributed by atoms with E-state index in [-0.39, 0.29) is 0 Å².